The molecule has 2 rings (SSSR count). The number of halogens is 1. The number of hydrogen-bond donors (Lipinski definition) is 1. The third-order valence-electron chi connectivity index (χ3n) is 3.40. The van der Waals surface area contributed by atoms with Gasteiger partial charge in [-0.25, -0.2) is 0 Å². The van der Waals surface area contributed by atoms with E-state index in [4.69, 9.17) is 16.3 Å². The van der Waals surface area contributed by atoms with Gasteiger partial charge in [0.05, 0.1) is 12.7 Å². The first kappa shape index (κ1) is 10.9. The highest BCUT2D eigenvalue weighted by Crippen LogP contribution is 2.46. The zero-order valence-electron chi connectivity index (χ0n) is 8.90. The highest BCUT2D eigenvalue weighted by atomic mass is 35.5. The second-order valence-corrected chi connectivity index (χ2v) is 4.60. The highest BCUT2D eigenvalue weighted by Gasteiger charge is 2.51. The average molecular weight is 227 g/mol. The fourth-order valence-electron chi connectivity index (χ4n) is 2.18. The van der Waals surface area contributed by atoms with E-state index in [9.17, 15) is 5.11 Å². The number of hydrogen-bond acceptors (Lipinski definition) is 2. The molecule has 1 heterocycles. The van der Waals surface area contributed by atoms with E-state index in [1.165, 1.54) is 0 Å². The Morgan fingerprint density at radius 2 is 1.93 bits per heavy atom. The summed E-state index contributed by atoms with van der Waals surface area (Å²) in [6.45, 7) is 4.13. The summed E-state index contributed by atoms with van der Waals surface area (Å²) < 4.78 is 5.72. The molecule has 1 aliphatic rings. The molecule has 1 saturated heterocycles. The Morgan fingerprint density at radius 1 is 1.33 bits per heavy atom. The van der Waals surface area contributed by atoms with Gasteiger partial charge in [-0.15, -0.1) is 0 Å². The number of rotatable bonds is 2. The fraction of sp³-hybridized carbons (Fsp3) is 0.500. The molecule has 0 spiro atoms. The topological polar surface area (TPSA) is 29.5 Å². The molecule has 1 N–H and O–H groups in total. The van der Waals surface area contributed by atoms with Crippen molar-refractivity contribution in [2.24, 2.45) is 5.92 Å². The Bertz CT molecular complexity index is 349. The SMILES string of the molecule is CC1OC(CO)(c2ccc(Cl)cc2)C1C. The van der Waals surface area contributed by atoms with Gasteiger partial charge in [-0.1, -0.05) is 30.7 Å². The fourth-order valence-corrected chi connectivity index (χ4v) is 2.31. The molecule has 3 unspecified atom stereocenters. The maximum absolute atomic E-state index is 9.49. The number of ether oxygens (including phenoxy) is 1. The average Bonchev–Trinajstić information content (AvgIpc) is 2.26. The summed E-state index contributed by atoms with van der Waals surface area (Å²) in [6, 6.07) is 7.49. The van der Waals surface area contributed by atoms with Gasteiger partial charge < -0.3 is 9.84 Å². The van der Waals surface area contributed by atoms with Gasteiger partial charge in [0.15, 0.2) is 0 Å². The number of benzene rings is 1. The van der Waals surface area contributed by atoms with Crippen LogP contribution >= 0.6 is 11.6 Å². The maximum atomic E-state index is 9.49. The largest absolute Gasteiger partial charge is 0.393 e. The zero-order valence-corrected chi connectivity index (χ0v) is 9.66. The third-order valence-corrected chi connectivity index (χ3v) is 3.66. The van der Waals surface area contributed by atoms with Crippen molar-refractivity contribution in [2.45, 2.75) is 25.6 Å². The van der Waals surface area contributed by atoms with E-state index in [1.54, 1.807) is 0 Å². The van der Waals surface area contributed by atoms with Gasteiger partial charge in [-0.05, 0) is 24.6 Å². The van der Waals surface area contributed by atoms with Crippen LogP contribution in [0, 0.1) is 5.92 Å². The van der Waals surface area contributed by atoms with E-state index in [0.29, 0.717) is 10.9 Å². The summed E-state index contributed by atoms with van der Waals surface area (Å²) in [5.74, 6) is 0.323. The van der Waals surface area contributed by atoms with E-state index in [-0.39, 0.29) is 12.7 Å². The van der Waals surface area contributed by atoms with E-state index in [0.717, 1.165) is 5.56 Å². The van der Waals surface area contributed by atoms with Crippen LogP contribution in [0.25, 0.3) is 0 Å². The molecule has 0 amide bonds. The summed E-state index contributed by atoms with van der Waals surface area (Å²) >= 11 is 5.83. The molecule has 1 fully saturated rings. The summed E-state index contributed by atoms with van der Waals surface area (Å²) in [7, 11) is 0. The Morgan fingerprint density at radius 3 is 2.33 bits per heavy atom. The van der Waals surface area contributed by atoms with E-state index in [1.807, 2.05) is 31.2 Å². The van der Waals surface area contributed by atoms with Gasteiger partial charge in [0.2, 0.25) is 0 Å². The predicted molar refractivity (Wildman–Crippen MR) is 59.9 cm³/mol. The lowest BCUT2D eigenvalue weighted by atomic mass is 9.74. The monoisotopic (exact) mass is 226 g/mol. The quantitative estimate of drug-likeness (QED) is 0.840. The van der Waals surface area contributed by atoms with Crippen molar-refractivity contribution in [2.75, 3.05) is 6.61 Å². The maximum Gasteiger partial charge on any atom is 0.121 e. The van der Waals surface area contributed by atoms with Crippen molar-refractivity contribution in [3.8, 4) is 0 Å². The van der Waals surface area contributed by atoms with Gasteiger partial charge in [-0.2, -0.15) is 0 Å². The first-order chi connectivity index (χ1) is 7.10. The van der Waals surface area contributed by atoms with Crippen molar-refractivity contribution >= 4 is 11.6 Å². The molecule has 0 aliphatic carbocycles. The van der Waals surface area contributed by atoms with Crippen molar-refractivity contribution in [3.05, 3.63) is 34.9 Å². The second kappa shape index (κ2) is 3.78. The molecule has 15 heavy (non-hydrogen) atoms. The van der Waals surface area contributed by atoms with E-state index >= 15 is 0 Å². The predicted octanol–water partition coefficient (Wildman–Crippen LogP) is 2.58. The smallest absolute Gasteiger partial charge is 0.121 e. The van der Waals surface area contributed by atoms with Crippen molar-refractivity contribution in [1.82, 2.24) is 0 Å². The summed E-state index contributed by atoms with van der Waals surface area (Å²) in [4.78, 5) is 0. The Hall–Kier alpha value is -0.570. The minimum absolute atomic E-state index is 0.0140. The van der Waals surface area contributed by atoms with Crippen LogP contribution in [-0.2, 0) is 10.3 Å². The molecule has 0 aromatic heterocycles. The minimum atomic E-state index is -0.524. The summed E-state index contributed by atoms with van der Waals surface area (Å²) in [5.41, 5.74) is 0.476. The second-order valence-electron chi connectivity index (χ2n) is 4.17. The van der Waals surface area contributed by atoms with Gasteiger partial charge >= 0.3 is 0 Å². The first-order valence-electron chi connectivity index (χ1n) is 5.15. The van der Waals surface area contributed by atoms with E-state index in [2.05, 4.69) is 6.92 Å². The third kappa shape index (κ3) is 1.57. The van der Waals surface area contributed by atoms with Crippen molar-refractivity contribution in [1.29, 1.82) is 0 Å². The lowest BCUT2D eigenvalue weighted by Crippen LogP contribution is -2.57. The normalized spacial score (nSPS) is 34.9. The molecule has 0 bridgehead atoms. The Labute approximate surface area is 94.8 Å². The lowest BCUT2D eigenvalue weighted by molar-refractivity contribution is -0.270. The molecule has 0 radical (unpaired) electrons. The summed E-state index contributed by atoms with van der Waals surface area (Å²) in [5, 5.41) is 10.2. The molecule has 0 saturated carbocycles. The van der Waals surface area contributed by atoms with Gasteiger partial charge in [0.1, 0.15) is 5.60 Å². The molecule has 1 aromatic carbocycles. The lowest BCUT2D eigenvalue weighted by Gasteiger charge is -2.52. The van der Waals surface area contributed by atoms with Crippen LogP contribution in [0.1, 0.15) is 19.4 Å². The molecule has 1 aliphatic heterocycles. The van der Waals surface area contributed by atoms with Crippen LogP contribution in [0.5, 0.6) is 0 Å². The van der Waals surface area contributed by atoms with E-state index < -0.39 is 5.60 Å². The van der Waals surface area contributed by atoms with Crippen LogP contribution in [-0.4, -0.2) is 17.8 Å². The van der Waals surface area contributed by atoms with Crippen molar-refractivity contribution < 1.29 is 9.84 Å². The molecule has 1 aromatic rings. The molecule has 3 heteroatoms. The van der Waals surface area contributed by atoms with Gasteiger partial charge in [0, 0.05) is 10.9 Å². The first-order valence-corrected chi connectivity index (χ1v) is 5.52. The van der Waals surface area contributed by atoms with Crippen molar-refractivity contribution in [3.63, 3.8) is 0 Å². The molecule has 3 atom stereocenters. The Balaban J connectivity index is 2.32. The molecular formula is C12H15ClO2. The summed E-state index contributed by atoms with van der Waals surface area (Å²) in [6.07, 6.45) is 0.202. The minimum Gasteiger partial charge on any atom is -0.393 e. The standard InChI is InChI=1S/C12H15ClO2/c1-8-9(2)15-12(8,7-14)10-3-5-11(13)6-4-10/h3-6,8-9,14H,7H2,1-2H3. The van der Waals surface area contributed by atoms with Crippen LogP contribution in [0.15, 0.2) is 24.3 Å². The number of aliphatic hydroxyl groups is 1. The molecule has 2 nitrogen and oxygen atoms in total. The highest BCUT2D eigenvalue weighted by molar-refractivity contribution is 6.30. The zero-order chi connectivity index (χ0) is 11.1. The molecular weight excluding hydrogens is 212 g/mol. The number of aliphatic hydroxyl groups excluding tert-OH is 1. The van der Waals surface area contributed by atoms with Crippen LogP contribution in [0.3, 0.4) is 0 Å². The van der Waals surface area contributed by atoms with Crippen LogP contribution in [0.2, 0.25) is 5.02 Å². The van der Waals surface area contributed by atoms with Gasteiger partial charge in [0.25, 0.3) is 0 Å². The Kier molecular flexibility index (Phi) is 2.75. The van der Waals surface area contributed by atoms with Crippen LogP contribution < -0.4 is 0 Å². The van der Waals surface area contributed by atoms with Crippen LogP contribution in [0.4, 0.5) is 0 Å². The molecule has 82 valence electrons. The van der Waals surface area contributed by atoms with Gasteiger partial charge in [-0.3, -0.25) is 0 Å².